The number of rotatable bonds is 12. The van der Waals surface area contributed by atoms with Crippen molar-refractivity contribution in [3.05, 3.63) is 12.2 Å². The smallest absolute Gasteiger partial charge is 0.307 e. The molecule has 1 atom stereocenters. The molecular weight excluding hydrogens is 244 g/mol. The van der Waals surface area contributed by atoms with Gasteiger partial charge in [-0.2, -0.15) is 0 Å². The highest BCUT2D eigenvalue weighted by molar-refractivity contribution is 5.77. The van der Waals surface area contributed by atoms with Crippen LogP contribution in [0.1, 0.15) is 64.7 Å². The summed E-state index contributed by atoms with van der Waals surface area (Å²) >= 11 is 0. The molecule has 0 aromatic carbocycles. The molecule has 0 aliphatic carbocycles. The fourth-order valence-electron chi connectivity index (χ4n) is 1.90. The van der Waals surface area contributed by atoms with Crippen molar-refractivity contribution in [3.8, 4) is 0 Å². The van der Waals surface area contributed by atoms with Crippen LogP contribution in [0.25, 0.3) is 0 Å². The molecule has 1 unspecified atom stereocenters. The van der Waals surface area contributed by atoms with Gasteiger partial charge in [-0.25, -0.2) is 0 Å². The summed E-state index contributed by atoms with van der Waals surface area (Å²) in [5.74, 6) is -2.90. The van der Waals surface area contributed by atoms with Gasteiger partial charge in [-0.3, -0.25) is 9.59 Å². The number of carboxylic acids is 2. The molecule has 0 radical (unpaired) electrons. The molecule has 0 saturated carbocycles. The van der Waals surface area contributed by atoms with Crippen LogP contribution in [0.3, 0.4) is 0 Å². The van der Waals surface area contributed by atoms with Crippen LogP contribution in [-0.2, 0) is 9.59 Å². The van der Waals surface area contributed by atoms with Crippen molar-refractivity contribution in [1.82, 2.24) is 0 Å². The highest BCUT2D eigenvalue weighted by Crippen LogP contribution is 2.11. The monoisotopic (exact) mass is 270 g/mol. The zero-order chi connectivity index (χ0) is 14.5. The Labute approximate surface area is 115 Å². The van der Waals surface area contributed by atoms with Gasteiger partial charge in [-0.15, -0.1) is 0 Å². The van der Waals surface area contributed by atoms with Crippen molar-refractivity contribution in [2.45, 2.75) is 64.7 Å². The van der Waals surface area contributed by atoms with Gasteiger partial charge in [0.1, 0.15) is 0 Å². The molecule has 0 aromatic heterocycles. The van der Waals surface area contributed by atoms with Crippen LogP contribution in [0.2, 0.25) is 0 Å². The Bertz CT molecular complexity index is 284. The van der Waals surface area contributed by atoms with Crippen molar-refractivity contribution in [2.75, 3.05) is 0 Å². The molecule has 0 amide bonds. The summed E-state index contributed by atoms with van der Waals surface area (Å²) in [5, 5.41) is 17.4. The van der Waals surface area contributed by atoms with Gasteiger partial charge >= 0.3 is 11.9 Å². The van der Waals surface area contributed by atoms with E-state index in [1.54, 1.807) is 6.08 Å². The van der Waals surface area contributed by atoms with Gasteiger partial charge in [-0.1, -0.05) is 51.2 Å². The van der Waals surface area contributed by atoms with E-state index in [0.29, 0.717) is 6.42 Å². The number of aliphatic carboxylic acids is 2. The number of hydrogen-bond acceptors (Lipinski definition) is 2. The van der Waals surface area contributed by atoms with Gasteiger partial charge in [0.2, 0.25) is 0 Å². The molecule has 4 heteroatoms. The Morgan fingerprint density at radius 1 is 1.00 bits per heavy atom. The first kappa shape index (κ1) is 17.7. The van der Waals surface area contributed by atoms with E-state index < -0.39 is 17.9 Å². The lowest BCUT2D eigenvalue weighted by Gasteiger charge is -2.05. The Morgan fingerprint density at radius 3 is 2.21 bits per heavy atom. The van der Waals surface area contributed by atoms with Crippen LogP contribution in [0.4, 0.5) is 0 Å². The first-order valence-electron chi connectivity index (χ1n) is 7.17. The normalized spacial score (nSPS) is 12.7. The molecule has 0 saturated heterocycles. The molecule has 0 spiro atoms. The van der Waals surface area contributed by atoms with E-state index in [1.807, 2.05) is 6.08 Å². The lowest BCUT2D eigenvalue weighted by Crippen LogP contribution is -2.16. The highest BCUT2D eigenvalue weighted by atomic mass is 16.4. The van der Waals surface area contributed by atoms with E-state index >= 15 is 0 Å². The lowest BCUT2D eigenvalue weighted by atomic mass is 10.0. The number of hydrogen-bond donors (Lipinski definition) is 2. The van der Waals surface area contributed by atoms with Crippen molar-refractivity contribution in [2.24, 2.45) is 5.92 Å². The Balaban J connectivity index is 3.64. The Hall–Kier alpha value is -1.32. The topological polar surface area (TPSA) is 74.6 Å². The van der Waals surface area contributed by atoms with Crippen molar-refractivity contribution >= 4 is 11.9 Å². The summed E-state index contributed by atoms with van der Waals surface area (Å²) < 4.78 is 0. The number of unbranched alkanes of at least 4 members (excludes halogenated alkanes) is 6. The van der Waals surface area contributed by atoms with Gasteiger partial charge in [0.15, 0.2) is 0 Å². The van der Waals surface area contributed by atoms with Crippen LogP contribution in [0.15, 0.2) is 12.2 Å². The quantitative estimate of drug-likeness (QED) is 0.417. The first-order chi connectivity index (χ1) is 9.07. The Kier molecular flexibility index (Phi) is 10.9. The van der Waals surface area contributed by atoms with E-state index in [-0.39, 0.29) is 6.42 Å². The average Bonchev–Trinajstić information content (AvgIpc) is 2.34. The van der Waals surface area contributed by atoms with Gasteiger partial charge in [-0.05, 0) is 19.3 Å². The van der Waals surface area contributed by atoms with E-state index in [9.17, 15) is 9.59 Å². The largest absolute Gasteiger partial charge is 0.481 e. The molecule has 0 bridgehead atoms. The lowest BCUT2D eigenvalue weighted by molar-refractivity contribution is -0.148. The molecule has 0 fully saturated rings. The van der Waals surface area contributed by atoms with Gasteiger partial charge in [0.25, 0.3) is 0 Å². The zero-order valence-electron chi connectivity index (χ0n) is 11.8. The molecule has 4 nitrogen and oxygen atoms in total. The first-order valence-corrected chi connectivity index (χ1v) is 7.17. The van der Waals surface area contributed by atoms with Crippen molar-refractivity contribution in [1.29, 1.82) is 0 Å². The van der Waals surface area contributed by atoms with Gasteiger partial charge in [0.05, 0.1) is 12.3 Å². The third kappa shape index (κ3) is 11.5. The van der Waals surface area contributed by atoms with E-state index in [0.717, 1.165) is 12.8 Å². The third-order valence-electron chi connectivity index (χ3n) is 3.08. The number of allylic oxidation sites excluding steroid dienone is 2. The minimum absolute atomic E-state index is 0.303. The molecule has 19 heavy (non-hydrogen) atoms. The van der Waals surface area contributed by atoms with E-state index in [4.69, 9.17) is 10.2 Å². The maximum atomic E-state index is 10.8. The second kappa shape index (κ2) is 11.8. The summed E-state index contributed by atoms with van der Waals surface area (Å²) in [5.41, 5.74) is 0. The van der Waals surface area contributed by atoms with E-state index in [2.05, 4.69) is 6.92 Å². The average molecular weight is 270 g/mol. The van der Waals surface area contributed by atoms with Crippen LogP contribution in [0, 0.1) is 5.92 Å². The fourth-order valence-corrected chi connectivity index (χ4v) is 1.90. The van der Waals surface area contributed by atoms with Gasteiger partial charge < -0.3 is 10.2 Å². The molecule has 0 aromatic rings. The SMILES string of the molecule is CCCCCCCCC=CCC(CC(=O)O)C(=O)O. The third-order valence-corrected chi connectivity index (χ3v) is 3.08. The minimum atomic E-state index is -1.06. The molecule has 0 heterocycles. The molecule has 0 rings (SSSR count). The summed E-state index contributed by atoms with van der Waals surface area (Å²) in [6, 6.07) is 0. The standard InChI is InChI=1S/C15H26O4/c1-2-3-4-5-6-7-8-9-10-11-13(15(18)19)12-14(16)17/h9-10,13H,2-8,11-12H2,1H3,(H,16,17)(H,18,19). The number of carboxylic acid groups (broad SMARTS) is 2. The predicted octanol–water partition coefficient (Wildman–Crippen LogP) is 3.86. The van der Waals surface area contributed by atoms with Crippen molar-refractivity contribution < 1.29 is 19.8 Å². The van der Waals surface area contributed by atoms with Crippen LogP contribution < -0.4 is 0 Å². The van der Waals surface area contributed by atoms with Crippen molar-refractivity contribution in [3.63, 3.8) is 0 Å². The van der Waals surface area contributed by atoms with Crippen LogP contribution >= 0.6 is 0 Å². The summed E-state index contributed by atoms with van der Waals surface area (Å²) in [4.78, 5) is 21.3. The maximum absolute atomic E-state index is 10.8. The van der Waals surface area contributed by atoms with Gasteiger partial charge in [0, 0.05) is 0 Å². The number of carbonyl (C=O) groups is 2. The molecule has 2 N–H and O–H groups in total. The second-order valence-electron chi connectivity index (χ2n) is 4.90. The second-order valence-corrected chi connectivity index (χ2v) is 4.90. The zero-order valence-corrected chi connectivity index (χ0v) is 11.8. The molecule has 0 aliphatic rings. The summed E-state index contributed by atoms with van der Waals surface area (Å²) in [7, 11) is 0. The maximum Gasteiger partial charge on any atom is 0.307 e. The summed E-state index contributed by atoms with van der Waals surface area (Å²) in [6.07, 6.45) is 12.1. The van der Waals surface area contributed by atoms with E-state index in [1.165, 1.54) is 32.1 Å². The van der Waals surface area contributed by atoms with Crippen LogP contribution in [0.5, 0.6) is 0 Å². The molecular formula is C15H26O4. The van der Waals surface area contributed by atoms with Crippen LogP contribution in [-0.4, -0.2) is 22.2 Å². The highest BCUT2D eigenvalue weighted by Gasteiger charge is 2.18. The Morgan fingerprint density at radius 2 is 1.63 bits per heavy atom. The molecule has 0 aliphatic heterocycles. The summed E-state index contributed by atoms with van der Waals surface area (Å²) in [6.45, 7) is 2.19. The predicted molar refractivity (Wildman–Crippen MR) is 75.1 cm³/mol. The minimum Gasteiger partial charge on any atom is -0.481 e. The molecule has 110 valence electrons. The fraction of sp³-hybridized carbons (Fsp3) is 0.733.